The maximum absolute atomic E-state index is 11.2. The van der Waals surface area contributed by atoms with Crippen LogP contribution in [0.5, 0.6) is 0 Å². The Morgan fingerprint density at radius 1 is 1.24 bits per heavy atom. The Kier molecular flexibility index (Phi) is 5.81. The Morgan fingerprint density at radius 3 is 2.44 bits per heavy atom. The number of nitro groups is 2. The van der Waals surface area contributed by atoms with Crippen molar-refractivity contribution in [3.63, 3.8) is 0 Å². The molecule has 5 atom stereocenters. The predicted molar refractivity (Wildman–Crippen MR) is 81.9 cm³/mol. The van der Waals surface area contributed by atoms with Crippen LogP contribution in [-0.2, 0) is 9.47 Å². The highest BCUT2D eigenvalue weighted by molar-refractivity contribution is 5.66. The molecule has 12 heteroatoms. The summed E-state index contributed by atoms with van der Waals surface area (Å²) in [6.07, 6.45) is -5.11. The van der Waals surface area contributed by atoms with E-state index < -0.39 is 58.5 Å². The van der Waals surface area contributed by atoms with Gasteiger partial charge in [-0.2, -0.15) is 0 Å². The SMILES string of the molecule is CO[C@@H]1O[C@@H](CO)[C@@H](O)[C@@H](Nc2ccc([N+](=O)[O-])cc2[N+](=O)[O-])[C@@H]1O. The zero-order valence-electron chi connectivity index (χ0n) is 13.0. The lowest BCUT2D eigenvalue weighted by Gasteiger charge is -2.42. The number of hydrogen-bond acceptors (Lipinski definition) is 10. The molecule has 1 saturated heterocycles. The topological polar surface area (TPSA) is 177 Å². The molecule has 4 N–H and O–H groups in total. The van der Waals surface area contributed by atoms with Crippen molar-refractivity contribution < 1.29 is 34.6 Å². The summed E-state index contributed by atoms with van der Waals surface area (Å²) in [5.74, 6) is 0. The smallest absolute Gasteiger partial charge is 0.299 e. The fraction of sp³-hybridized carbons (Fsp3) is 0.538. The molecule has 0 unspecified atom stereocenters. The van der Waals surface area contributed by atoms with Gasteiger partial charge in [0.15, 0.2) is 6.29 Å². The lowest BCUT2D eigenvalue weighted by molar-refractivity contribution is -0.393. The van der Waals surface area contributed by atoms with Crippen molar-refractivity contribution >= 4 is 17.1 Å². The van der Waals surface area contributed by atoms with Gasteiger partial charge < -0.3 is 30.1 Å². The molecule has 1 aromatic carbocycles. The number of aliphatic hydroxyl groups excluding tert-OH is 3. The average molecular weight is 359 g/mol. The van der Waals surface area contributed by atoms with E-state index in [2.05, 4.69) is 5.32 Å². The van der Waals surface area contributed by atoms with Crippen LogP contribution in [0.3, 0.4) is 0 Å². The highest BCUT2D eigenvalue weighted by Gasteiger charge is 2.45. The summed E-state index contributed by atoms with van der Waals surface area (Å²) in [6.45, 7) is -0.575. The molecular weight excluding hydrogens is 342 g/mol. The minimum absolute atomic E-state index is 0.146. The van der Waals surface area contributed by atoms with Gasteiger partial charge in [-0.3, -0.25) is 20.2 Å². The summed E-state index contributed by atoms with van der Waals surface area (Å²) < 4.78 is 10.1. The lowest BCUT2D eigenvalue weighted by atomic mass is 9.95. The third-order valence-corrected chi connectivity index (χ3v) is 3.83. The predicted octanol–water partition coefficient (Wildman–Crippen LogP) is -0.631. The zero-order chi connectivity index (χ0) is 18.7. The summed E-state index contributed by atoms with van der Waals surface area (Å²) >= 11 is 0. The van der Waals surface area contributed by atoms with Crippen LogP contribution >= 0.6 is 0 Å². The van der Waals surface area contributed by atoms with E-state index in [9.17, 15) is 35.5 Å². The van der Waals surface area contributed by atoms with Crippen molar-refractivity contribution in [2.75, 3.05) is 19.0 Å². The third-order valence-electron chi connectivity index (χ3n) is 3.83. The van der Waals surface area contributed by atoms with Gasteiger partial charge in [0, 0.05) is 13.2 Å². The van der Waals surface area contributed by atoms with Crippen LogP contribution in [0.15, 0.2) is 18.2 Å². The molecule has 0 saturated carbocycles. The molecule has 2 rings (SSSR count). The Hall–Kier alpha value is -2.38. The number of rotatable bonds is 6. The van der Waals surface area contributed by atoms with E-state index in [0.717, 1.165) is 18.2 Å². The largest absolute Gasteiger partial charge is 0.394 e. The number of nitro benzene ring substituents is 2. The average Bonchev–Trinajstić information content (AvgIpc) is 2.58. The van der Waals surface area contributed by atoms with Gasteiger partial charge in [0.2, 0.25) is 0 Å². The highest BCUT2D eigenvalue weighted by atomic mass is 16.7. The molecule has 12 nitrogen and oxygen atoms in total. The fourth-order valence-electron chi connectivity index (χ4n) is 2.54. The highest BCUT2D eigenvalue weighted by Crippen LogP contribution is 2.32. The van der Waals surface area contributed by atoms with E-state index in [4.69, 9.17) is 9.47 Å². The van der Waals surface area contributed by atoms with E-state index in [0.29, 0.717) is 0 Å². The second kappa shape index (κ2) is 7.67. The maximum Gasteiger partial charge on any atom is 0.299 e. The number of nitrogens with zero attached hydrogens (tertiary/aromatic N) is 2. The number of aliphatic hydroxyl groups is 3. The van der Waals surface area contributed by atoms with Gasteiger partial charge in [-0.1, -0.05) is 0 Å². The van der Waals surface area contributed by atoms with Crippen molar-refractivity contribution in [3.8, 4) is 0 Å². The molecule has 138 valence electrons. The first-order chi connectivity index (χ1) is 11.8. The zero-order valence-corrected chi connectivity index (χ0v) is 13.0. The molecule has 0 amide bonds. The molecule has 0 radical (unpaired) electrons. The van der Waals surface area contributed by atoms with E-state index in [1.807, 2.05) is 0 Å². The quantitative estimate of drug-likeness (QED) is 0.377. The molecule has 0 spiro atoms. The van der Waals surface area contributed by atoms with Gasteiger partial charge in [0.05, 0.1) is 28.6 Å². The van der Waals surface area contributed by atoms with Crippen LogP contribution in [0.1, 0.15) is 0 Å². The number of nitrogens with one attached hydrogen (secondary N) is 1. The summed E-state index contributed by atoms with van der Waals surface area (Å²) in [5.41, 5.74) is -1.23. The minimum Gasteiger partial charge on any atom is -0.394 e. The van der Waals surface area contributed by atoms with Crippen molar-refractivity contribution in [3.05, 3.63) is 38.4 Å². The second-order valence-corrected chi connectivity index (χ2v) is 5.33. The van der Waals surface area contributed by atoms with Crippen molar-refractivity contribution in [1.82, 2.24) is 0 Å². The number of anilines is 1. The number of benzene rings is 1. The first-order valence-corrected chi connectivity index (χ1v) is 7.14. The maximum atomic E-state index is 11.2. The minimum atomic E-state index is -1.42. The molecule has 1 aliphatic rings. The second-order valence-electron chi connectivity index (χ2n) is 5.33. The number of non-ortho nitro benzene ring substituents is 1. The summed E-state index contributed by atoms with van der Waals surface area (Å²) in [5, 5.41) is 54.2. The molecule has 25 heavy (non-hydrogen) atoms. The van der Waals surface area contributed by atoms with E-state index in [1.54, 1.807) is 0 Å². The summed E-state index contributed by atoms with van der Waals surface area (Å²) in [7, 11) is 1.24. The Bertz CT molecular complexity index is 640. The van der Waals surface area contributed by atoms with Crippen LogP contribution in [0.2, 0.25) is 0 Å². The summed E-state index contributed by atoms with van der Waals surface area (Å²) in [6, 6.07) is 1.72. The van der Waals surface area contributed by atoms with Crippen LogP contribution in [-0.4, -0.2) is 69.5 Å². The van der Waals surface area contributed by atoms with Gasteiger partial charge in [-0.05, 0) is 6.07 Å². The standard InChI is InChI=1S/C13H17N3O9/c1-24-13-12(19)10(11(18)9(5-17)25-13)14-7-3-2-6(15(20)21)4-8(7)16(22)23/h2-4,9-14,17-19H,5H2,1H3/t9-,10+,11+,12-,13+/m0/s1. The lowest BCUT2D eigenvalue weighted by Crippen LogP contribution is -2.61. The molecule has 1 aliphatic heterocycles. The number of ether oxygens (including phenoxy) is 2. The van der Waals surface area contributed by atoms with Gasteiger partial charge in [-0.15, -0.1) is 0 Å². The molecule has 0 aliphatic carbocycles. The van der Waals surface area contributed by atoms with E-state index in [-0.39, 0.29) is 5.69 Å². The van der Waals surface area contributed by atoms with Crippen molar-refractivity contribution in [2.24, 2.45) is 0 Å². The molecule has 0 aromatic heterocycles. The van der Waals surface area contributed by atoms with Crippen molar-refractivity contribution in [2.45, 2.75) is 30.6 Å². The Balaban J connectivity index is 2.35. The van der Waals surface area contributed by atoms with Gasteiger partial charge in [-0.25, -0.2) is 0 Å². The molecular formula is C13H17N3O9. The van der Waals surface area contributed by atoms with Crippen LogP contribution in [0.25, 0.3) is 0 Å². The molecule has 1 heterocycles. The normalized spacial score (nSPS) is 29.2. The third kappa shape index (κ3) is 3.83. The van der Waals surface area contributed by atoms with Crippen LogP contribution in [0, 0.1) is 20.2 Å². The Labute approximate surface area is 140 Å². The van der Waals surface area contributed by atoms with E-state index in [1.165, 1.54) is 7.11 Å². The number of methoxy groups -OCH3 is 1. The van der Waals surface area contributed by atoms with Crippen molar-refractivity contribution in [1.29, 1.82) is 0 Å². The summed E-state index contributed by atoms with van der Waals surface area (Å²) in [4.78, 5) is 20.3. The first-order valence-electron chi connectivity index (χ1n) is 7.14. The van der Waals surface area contributed by atoms with E-state index >= 15 is 0 Å². The van der Waals surface area contributed by atoms with Crippen LogP contribution in [0.4, 0.5) is 17.1 Å². The fourth-order valence-corrected chi connectivity index (χ4v) is 2.54. The molecule has 1 fully saturated rings. The monoisotopic (exact) mass is 359 g/mol. The van der Waals surface area contributed by atoms with Gasteiger partial charge >= 0.3 is 0 Å². The van der Waals surface area contributed by atoms with Crippen LogP contribution < -0.4 is 5.32 Å². The Morgan fingerprint density at radius 2 is 1.92 bits per heavy atom. The molecule has 0 bridgehead atoms. The van der Waals surface area contributed by atoms with Gasteiger partial charge in [0.1, 0.15) is 24.0 Å². The first kappa shape index (κ1) is 19.0. The van der Waals surface area contributed by atoms with Gasteiger partial charge in [0.25, 0.3) is 11.4 Å². The number of hydrogen-bond donors (Lipinski definition) is 4. The molecule has 1 aromatic rings.